The number of esters is 1. The van der Waals surface area contributed by atoms with Crippen molar-refractivity contribution in [1.82, 2.24) is 0 Å². The molecule has 0 fully saturated rings. The van der Waals surface area contributed by atoms with Gasteiger partial charge in [0, 0.05) is 6.54 Å². The third-order valence-electron chi connectivity index (χ3n) is 2.83. The van der Waals surface area contributed by atoms with Crippen LogP contribution in [0.15, 0.2) is 18.2 Å². The van der Waals surface area contributed by atoms with E-state index in [9.17, 15) is 13.6 Å². The van der Waals surface area contributed by atoms with Crippen LogP contribution >= 0.6 is 0 Å². The molecular formula is C13H17F2NO2. The smallest absolute Gasteiger partial charge is 0.313 e. The summed E-state index contributed by atoms with van der Waals surface area (Å²) in [7, 11) is 0. The first-order chi connectivity index (χ1) is 8.44. The van der Waals surface area contributed by atoms with Crippen LogP contribution in [0.25, 0.3) is 0 Å². The summed E-state index contributed by atoms with van der Waals surface area (Å²) < 4.78 is 31.5. The molecule has 0 aliphatic heterocycles. The Morgan fingerprint density at radius 1 is 1.44 bits per heavy atom. The van der Waals surface area contributed by atoms with Crippen molar-refractivity contribution in [2.75, 3.05) is 13.2 Å². The zero-order valence-corrected chi connectivity index (χ0v) is 10.5. The Hall–Kier alpha value is -1.49. The van der Waals surface area contributed by atoms with Crippen molar-refractivity contribution in [1.29, 1.82) is 0 Å². The quantitative estimate of drug-likeness (QED) is 0.821. The van der Waals surface area contributed by atoms with Crippen molar-refractivity contribution in [3.8, 4) is 0 Å². The van der Waals surface area contributed by atoms with Crippen molar-refractivity contribution in [2.24, 2.45) is 11.1 Å². The summed E-state index contributed by atoms with van der Waals surface area (Å²) in [5.74, 6) is -2.38. The first-order valence-corrected chi connectivity index (χ1v) is 5.74. The summed E-state index contributed by atoms with van der Waals surface area (Å²) in [5.41, 5.74) is 4.63. The van der Waals surface area contributed by atoms with Crippen LogP contribution in [-0.4, -0.2) is 19.1 Å². The molecule has 0 aromatic heterocycles. The Kier molecular flexibility index (Phi) is 4.78. The maximum absolute atomic E-state index is 13.5. The van der Waals surface area contributed by atoms with E-state index < -0.39 is 23.0 Å². The van der Waals surface area contributed by atoms with Gasteiger partial charge < -0.3 is 10.5 Å². The Bertz CT molecular complexity index is 437. The SMILES string of the molecule is CCOC(=O)C(C)(CN)Cc1cccc(F)c1F. The maximum atomic E-state index is 13.5. The minimum absolute atomic E-state index is 0.00177. The zero-order valence-electron chi connectivity index (χ0n) is 10.5. The highest BCUT2D eigenvalue weighted by Gasteiger charge is 2.34. The molecule has 100 valence electrons. The first kappa shape index (κ1) is 14.6. The van der Waals surface area contributed by atoms with E-state index in [2.05, 4.69) is 0 Å². The van der Waals surface area contributed by atoms with E-state index in [1.165, 1.54) is 12.1 Å². The van der Waals surface area contributed by atoms with Crippen LogP contribution in [0.3, 0.4) is 0 Å². The van der Waals surface area contributed by atoms with Crippen molar-refractivity contribution >= 4 is 5.97 Å². The number of nitrogens with two attached hydrogens (primary N) is 1. The zero-order chi connectivity index (χ0) is 13.8. The second-order valence-corrected chi connectivity index (χ2v) is 4.37. The van der Waals surface area contributed by atoms with Gasteiger partial charge in [-0.25, -0.2) is 8.78 Å². The molecular weight excluding hydrogens is 240 g/mol. The molecule has 1 aromatic carbocycles. The normalized spacial score (nSPS) is 14.1. The van der Waals surface area contributed by atoms with Gasteiger partial charge in [-0.3, -0.25) is 4.79 Å². The Morgan fingerprint density at radius 2 is 2.11 bits per heavy atom. The summed E-state index contributed by atoms with van der Waals surface area (Å²) in [5, 5.41) is 0. The van der Waals surface area contributed by atoms with Gasteiger partial charge in [-0.15, -0.1) is 0 Å². The Morgan fingerprint density at radius 3 is 2.67 bits per heavy atom. The predicted octanol–water partition coefficient (Wildman–Crippen LogP) is 2.04. The molecule has 1 rings (SSSR count). The van der Waals surface area contributed by atoms with E-state index in [1.807, 2.05) is 0 Å². The van der Waals surface area contributed by atoms with Gasteiger partial charge in [0.25, 0.3) is 0 Å². The lowest BCUT2D eigenvalue weighted by atomic mass is 9.83. The molecule has 0 spiro atoms. The number of hydrogen-bond donors (Lipinski definition) is 1. The third kappa shape index (κ3) is 3.04. The van der Waals surface area contributed by atoms with Crippen LogP contribution in [0.1, 0.15) is 19.4 Å². The van der Waals surface area contributed by atoms with Crippen LogP contribution in [-0.2, 0) is 16.0 Å². The van der Waals surface area contributed by atoms with Crippen molar-refractivity contribution in [2.45, 2.75) is 20.3 Å². The molecule has 0 saturated carbocycles. The van der Waals surface area contributed by atoms with Crippen LogP contribution < -0.4 is 5.73 Å². The molecule has 0 saturated heterocycles. The molecule has 0 heterocycles. The summed E-state index contributed by atoms with van der Waals surface area (Å²) in [6, 6.07) is 3.87. The van der Waals surface area contributed by atoms with Gasteiger partial charge in [0.05, 0.1) is 12.0 Å². The number of benzene rings is 1. The summed E-state index contributed by atoms with van der Waals surface area (Å²) in [4.78, 5) is 11.8. The van der Waals surface area contributed by atoms with E-state index in [4.69, 9.17) is 10.5 Å². The molecule has 0 aliphatic rings. The fourth-order valence-electron chi connectivity index (χ4n) is 1.64. The fourth-order valence-corrected chi connectivity index (χ4v) is 1.64. The highest BCUT2D eigenvalue weighted by molar-refractivity contribution is 5.77. The van der Waals surface area contributed by atoms with Gasteiger partial charge in [-0.05, 0) is 31.9 Å². The van der Waals surface area contributed by atoms with Gasteiger partial charge in [0.15, 0.2) is 11.6 Å². The number of carbonyl (C=O) groups excluding carboxylic acids is 1. The average Bonchev–Trinajstić information content (AvgIpc) is 2.35. The summed E-state index contributed by atoms with van der Waals surface area (Å²) in [6.07, 6.45) is 0.00588. The summed E-state index contributed by atoms with van der Waals surface area (Å²) in [6.45, 7) is 3.48. The predicted molar refractivity (Wildman–Crippen MR) is 63.9 cm³/mol. The molecule has 5 heteroatoms. The highest BCUT2D eigenvalue weighted by atomic mass is 19.2. The number of ether oxygens (including phenoxy) is 1. The largest absolute Gasteiger partial charge is 0.466 e. The van der Waals surface area contributed by atoms with Crippen LogP contribution in [0.4, 0.5) is 8.78 Å². The molecule has 0 radical (unpaired) electrons. The van der Waals surface area contributed by atoms with Crippen molar-refractivity contribution < 1.29 is 18.3 Å². The molecule has 1 atom stereocenters. The van der Waals surface area contributed by atoms with Gasteiger partial charge in [-0.1, -0.05) is 12.1 Å². The molecule has 1 unspecified atom stereocenters. The van der Waals surface area contributed by atoms with Crippen LogP contribution in [0, 0.1) is 17.0 Å². The van der Waals surface area contributed by atoms with E-state index in [-0.39, 0.29) is 25.1 Å². The minimum Gasteiger partial charge on any atom is -0.466 e. The van der Waals surface area contributed by atoms with Crippen LogP contribution in [0.2, 0.25) is 0 Å². The number of carbonyl (C=O) groups is 1. The molecule has 18 heavy (non-hydrogen) atoms. The van der Waals surface area contributed by atoms with Gasteiger partial charge in [-0.2, -0.15) is 0 Å². The first-order valence-electron chi connectivity index (χ1n) is 5.74. The minimum atomic E-state index is -1.05. The van der Waals surface area contributed by atoms with Gasteiger partial charge in [0.2, 0.25) is 0 Å². The molecule has 1 aromatic rings. The molecule has 3 nitrogen and oxygen atoms in total. The Balaban J connectivity index is 2.98. The second-order valence-electron chi connectivity index (χ2n) is 4.37. The van der Waals surface area contributed by atoms with Crippen molar-refractivity contribution in [3.63, 3.8) is 0 Å². The van der Waals surface area contributed by atoms with E-state index >= 15 is 0 Å². The van der Waals surface area contributed by atoms with E-state index in [0.29, 0.717) is 0 Å². The van der Waals surface area contributed by atoms with E-state index in [1.54, 1.807) is 13.8 Å². The molecule has 2 N–H and O–H groups in total. The monoisotopic (exact) mass is 257 g/mol. The standard InChI is InChI=1S/C13H17F2NO2/c1-3-18-12(17)13(2,8-16)7-9-5-4-6-10(14)11(9)15/h4-6H,3,7-8,16H2,1-2H3. The van der Waals surface area contributed by atoms with Crippen molar-refractivity contribution in [3.05, 3.63) is 35.4 Å². The fraction of sp³-hybridized carbons (Fsp3) is 0.462. The number of halogens is 2. The topological polar surface area (TPSA) is 52.3 Å². The molecule has 0 aliphatic carbocycles. The molecule has 0 amide bonds. The summed E-state index contributed by atoms with van der Waals surface area (Å²) >= 11 is 0. The lowest BCUT2D eigenvalue weighted by Gasteiger charge is -2.25. The maximum Gasteiger partial charge on any atom is 0.313 e. The Labute approximate surface area is 105 Å². The second kappa shape index (κ2) is 5.91. The number of rotatable bonds is 5. The van der Waals surface area contributed by atoms with E-state index in [0.717, 1.165) is 6.07 Å². The van der Waals surface area contributed by atoms with Gasteiger partial charge in [0.1, 0.15) is 0 Å². The number of hydrogen-bond acceptors (Lipinski definition) is 3. The van der Waals surface area contributed by atoms with Gasteiger partial charge >= 0.3 is 5.97 Å². The lowest BCUT2D eigenvalue weighted by Crippen LogP contribution is -2.39. The lowest BCUT2D eigenvalue weighted by molar-refractivity contribution is -0.153. The highest BCUT2D eigenvalue weighted by Crippen LogP contribution is 2.25. The molecule has 0 bridgehead atoms. The van der Waals surface area contributed by atoms with Crippen LogP contribution in [0.5, 0.6) is 0 Å². The third-order valence-corrected chi connectivity index (χ3v) is 2.83. The average molecular weight is 257 g/mol.